The van der Waals surface area contributed by atoms with E-state index in [1.165, 1.54) is 16.7 Å². The Bertz CT molecular complexity index is 564. The predicted octanol–water partition coefficient (Wildman–Crippen LogP) is 4.69. The van der Waals surface area contributed by atoms with E-state index in [-0.39, 0.29) is 4.83 Å². The zero-order chi connectivity index (χ0) is 14.5. The van der Waals surface area contributed by atoms with Gasteiger partial charge in [-0.05, 0) is 37.1 Å². The number of halogens is 1. The lowest BCUT2D eigenvalue weighted by Gasteiger charge is -2.15. The fraction of sp³-hybridized carbons (Fsp3) is 0.294. The van der Waals surface area contributed by atoms with E-state index < -0.39 is 0 Å². The molecule has 0 aliphatic rings. The van der Waals surface area contributed by atoms with Gasteiger partial charge in [0.2, 0.25) is 0 Å². The highest BCUT2D eigenvalue weighted by Crippen LogP contribution is 2.34. The predicted molar refractivity (Wildman–Crippen MR) is 86.1 cm³/mol. The Morgan fingerprint density at radius 3 is 2.30 bits per heavy atom. The van der Waals surface area contributed by atoms with E-state index in [9.17, 15) is 0 Å². The first-order valence-electron chi connectivity index (χ1n) is 6.55. The smallest absolute Gasteiger partial charge is 0.123 e. The summed E-state index contributed by atoms with van der Waals surface area (Å²) in [6, 6.07) is 14.4. The summed E-state index contributed by atoms with van der Waals surface area (Å²) in [4.78, 5) is 0.228. The maximum absolute atomic E-state index is 5.45. The molecule has 0 saturated carbocycles. The van der Waals surface area contributed by atoms with Crippen LogP contribution in [-0.4, -0.2) is 14.2 Å². The lowest BCUT2D eigenvalue weighted by molar-refractivity contribution is 0.409. The first kappa shape index (κ1) is 14.9. The largest absolute Gasteiger partial charge is 0.497 e. The van der Waals surface area contributed by atoms with E-state index in [1.807, 2.05) is 18.2 Å². The Morgan fingerprint density at radius 1 is 1.00 bits per heavy atom. The van der Waals surface area contributed by atoms with Crippen molar-refractivity contribution in [3.05, 3.63) is 59.2 Å². The van der Waals surface area contributed by atoms with Crippen LogP contribution in [0.15, 0.2) is 42.5 Å². The molecule has 0 heterocycles. The Kier molecular flexibility index (Phi) is 5.07. The van der Waals surface area contributed by atoms with Crippen LogP contribution in [0.2, 0.25) is 0 Å². The molecule has 2 aromatic rings. The number of hydrogen-bond acceptors (Lipinski definition) is 2. The maximum atomic E-state index is 5.45. The van der Waals surface area contributed by atoms with Crippen LogP contribution in [-0.2, 0) is 6.42 Å². The van der Waals surface area contributed by atoms with Crippen molar-refractivity contribution in [1.29, 1.82) is 0 Å². The zero-order valence-corrected chi connectivity index (χ0v) is 13.6. The van der Waals surface area contributed by atoms with Crippen LogP contribution in [0.25, 0.3) is 0 Å². The van der Waals surface area contributed by atoms with E-state index >= 15 is 0 Å². The number of rotatable bonds is 5. The van der Waals surface area contributed by atoms with Gasteiger partial charge in [-0.3, -0.25) is 0 Å². The molecule has 0 aliphatic carbocycles. The molecule has 2 aromatic carbocycles. The Morgan fingerprint density at radius 2 is 1.70 bits per heavy atom. The van der Waals surface area contributed by atoms with Crippen molar-refractivity contribution in [2.45, 2.75) is 18.2 Å². The quantitative estimate of drug-likeness (QED) is 0.738. The number of ether oxygens (including phenoxy) is 2. The van der Waals surface area contributed by atoms with Crippen molar-refractivity contribution in [3.8, 4) is 11.5 Å². The topological polar surface area (TPSA) is 18.5 Å². The van der Waals surface area contributed by atoms with Crippen LogP contribution in [0.5, 0.6) is 11.5 Å². The average Bonchev–Trinajstić information content (AvgIpc) is 2.48. The molecular formula is C17H19BrO2. The molecule has 1 atom stereocenters. The molecule has 0 fully saturated rings. The van der Waals surface area contributed by atoms with Gasteiger partial charge >= 0.3 is 0 Å². The number of aryl methyl sites for hydroxylation is 1. The normalized spacial score (nSPS) is 12.0. The molecule has 0 aromatic heterocycles. The van der Waals surface area contributed by atoms with Gasteiger partial charge in [-0.15, -0.1) is 0 Å². The van der Waals surface area contributed by atoms with Gasteiger partial charge in [0.15, 0.2) is 0 Å². The van der Waals surface area contributed by atoms with Crippen LogP contribution in [0.3, 0.4) is 0 Å². The number of methoxy groups -OCH3 is 2. The van der Waals surface area contributed by atoms with E-state index in [4.69, 9.17) is 9.47 Å². The third kappa shape index (κ3) is 3.54. The highest BCUT2D eigenvalue weighted by atomic mass is 79.9. The second-order valence-corrected chi connectivity index (χ2v) is 5.87. The fourth-order valence-electron chi connectivity index (χ4n) is 2.18. The van der Waals surface area contributed by atoms with Gasteiger partial charge in [-0.2, -0.15) is 0 Å². The average molecular weight is 335 g/mol. The Labute approximate surface area is 128 Å². The van der Waals surface area contributed by atoms with Crippen molar-refractivity contribution in [1.82, 2.24) is 0 Å². The monoisotopic (exact) mass is 334 g/mol. The number of benzene rings is 2. The van der Waals surface area contributed by atoms with Gasteiger partial charge in [0, 0.05) is 10.4 Å². The molecular weight excluding hydrogens is 316 g/mol. The van der Waals surface area contributed by atoms with Crippen LogP contribution in [0.1, 0.15) is 21.5 Å². The van der Waals surface area contributed by atoms with Crippen LogP contribution < -0.4 is 9.47 Å². The third-order valence-corrected chi connectivity index (χ3v) is 4.11. The molecule has 106 valence electrons. The Hall–Kier alpha value is -1.48. The SMILES string of the molecule is COc1ccc(CC(Br)c2cc(C)ccc2OC)cc1. The minimum absolute atomic E-state index is 0.228. The van der Waals surface area contributed by atoms with Crippen molar-refractivity contribution in [2.24, 2.45) is 0 Å². The summed E-state index contributed by atoms with van der Waals surface area (Å²) in [7, 11) is 3.39. The van der Waals surface area contributed by atoms with Crippen molar-refractivity contribution >= 4 is 15.9 Å². The minimum Gasteiger partial charge on any atom is -0.497 e. The van der Waals surface area contributed by atoms with Gasteiger partial charge in [0.25, 0.3) is 0 Å². The molecule has 3 heteroatoms. The molecule has 0 radical (unpaired) electrons. The summed E-state index contributed by atoms with van der Waals surface area (Å²) < 4.78 is 10.6. The van der Waals surface area contributed by atoms with E-state index in [0.717, 1.165) is 17.9 Å². The molecule has 0 amide bonds. The summed E-state index contributed by atoms with van der Waals surface area (Å²) in [5, 5.41) is 0. The Balaban J connectivity index is 2.18. The summed E-state index contributed by atoms with van der Waals surface area (Å²) in [5.74, 6) is 1.80. The molecule has 1 unspecified atom stereocenters. The molecule has 0 aliphatic heterocycles. The molecule has 2 rings (SSSR count). The summed E-state index contributed by atoms with van der Waals surface area (Å²) in [6.07, 6.45) is 0.907. The van der Waals surface area contributed by atoms with Crippen LogP contribution in [0.4, 0.5) is 0 Å². The van der Waals surface area contributed by atoms with Gasteiger partial charge in [-0.25, -0.2) is 0 Å². The highest BCUT2D eigenvalue weighted by molar-refractivity contribution is 9.09. The van der Waals surface area contributed by atoms with E-state index in [2.05, 4.69) is 47.1 Å². The van der Waals surface area contributed by atoms with E-state index in [1.54, 1.807) is 14.2 Å². The summed E-state index contributed by atoms with van der Waals surface area (Å²) >= 11 is 3.77. The molecule has 0 spiro atoms. The lowest BCUT2D eigenvalue weighted by atomic mass is 10.0. The van der Waals surface area contributed by atoms with Gasteiger partial charge in [-0.1, -0.05) is 45.8 Å². The summed E-state index contributed by atoms with van der Waals surface area (Å²) in [5.41, 5.74) is 3.68. The molecule has 2 nitrogen and oxygen atoms in total. The fourth-order valence-corrected chi connectivity index (χ4v) is 2.91. The molecule has 20 heavy (non-hydrogen) atoms. The second-order valence-electron chi connectivity index (χ2n) is 4.77. The van der Waals surface area contributed by atoms with Gasteiger partial charge in [0.1, 0.15) is 11.5 Å². The third-order valence-electron chi connectivity index (χ3n) is 3.30. The van der Waals surface area contributed by atoms with Crippen molar-refractivity contribution < 1.29 is 9.47 Å². The first-order valence-corrected chi connectivity index (χ1v) is 7.47. The first-order chi connectivity index (χ1) is 9.63. The molecule has 0 N–H and O–H groups in total. The maximum Gasteiger partial charge on any atom is 0.123 e. The van der Waals surface area contributed by atoms with Crippen molar-refractivity contribution in [3.63, 3.8) is 0 Å². The lowest BCUT2D eigenvalue weighted by Crippen LogP contribution is -1.99. The number of alkyl halides is 1. The van der Waals surface area contributed by atoms with Gasteiger partial charge < -0.3 is 9.47 Å². The summed E-state index contributed by atoms with van der Waals surface area (Å²) in [6.45, 7) is 2.09. The van der Waals surface area contributed by atoms with Crippen LogP contribution >= 0.6 is 15.9 Å². The van der Waals surface area contributed by atoms with Crippen LogP contribution in [0, 0.1) is 6.92 Å². The van der Waals surface area contributed by atoms with E-state index in [0.29, 0.717) is 0 Å². The standard InChI is InChI=1S/C17H19BrO2/c1-12-4-9-17(20-3)15(10-12)16(18)11-13-5-7-14(19-2)8-6-13/h4-10,16H,11H2,1-3H3. The highest BCUT2D eigenvalue weighted by Gasteiger charge is 2.14. The molecule has 0 saturated heterocycles. The van der Waals surface area contributed by atoms with Gasteiger partial charge in [0.05, 0.1) is 14.2 Å². The molecule has 0 bridgehead atoms. The second kappa shape index (κ2) is 6.80. The minimum atomic E-state index is 0.228. The van der Waals surface area contributed by atoms with Crippen molar-refractivity contribution in [2.75, 3.05) is 14.2 Å². The zero-order valence-electron chi connectivity index (χ0n) is 12.0. The number of hydrogen-bond donors (Lipinski definition) is 0.